The molecular formula is C11H12N4O3S. The summed E-state index contributed by atoms with van der Waals surface area (Å²) in [5, 5.41) is 26.5. The van der Waals surface area contributed by atoms with Gasteiger partial charge in [-0.15, -0.1) is 10.2 Å². The van der Waals surface area contributed by atoms with E-state index in [0.29, 0.717) is 5.56 Å². The van der Waals surface area contributed by atoms with Gasteiger partial charge in [-0.3, -0.25) is 4.79 Å². The van der Waals surface area contributed by atoms with Crippen LogP contribution >= 0.6 is 11.8 Å². The number of hydrogen-bond donors (Lipinski definition) is 3. The van der Waals surface area contributed by atoms with Gasteiger partial charge in [0.2, 0.25) is 5.16 Å². The summed E-state index contributed by atoms with van der Waals surface area (Å²) >= 11 is 0.942. The van der Waals surface area contributed by atoms with E-state index < -0.39 is 12.1 Å². The summed E-state index contributed by atoms with van der Waals surface area (Å²) in [5.41, 5.74) is 0.636. The highest BCUT2D eigenvalue weighted by molar-refractivity contribution is 7.99. The molecule has 1 atom stereocenters. The zero-order valence-electron chi connectivity index (χ0n) is 9.80. The van der Waals surface area contributed by atoms with Crippen LogP contribution < -0.4 is 5.84 Å². The van der Waals surface area contributed by atoms with Crippen molar-refractivity contribution < 1.29 is 15.0 Å². The number of aliphatic hydroxyl groups is 1. The average molecular weight is 280 g/mol. The molecule has 0 aliphatic rings. The van der Waals surface area contributed by atoms with Crippen LogP contribution in [0.15, 0.2) is 35.5 Å². The van der Waals surface area contributed by atoms with Crippen LogP contribution in [0.4, 0.5) is 0 Å². The Bertz CT molecular complexity index is 573. The number of carbonyl (C=O) groups is 1. The topological polar surface area (TPSA) is 114 Å². The van der Waals surface area contributed by atoms with E-state index in [9.17, 15) is 9.90 Å². The molecule has 4 N–H and O–H groups in total. The van der Waals surface area contributed by atoms with Crippen LogP contribution in [-0.4, -0.2) is 36.8 Å². The highest BCUT2D eigenvalue weighted by atomic mass is 32.2. The fraction of sp³-hybridized carbons (Fsp3) is 0.182. The molecule has 0 bridgehead atoms. The van der Waals surface area contributed by atoms with Gasteiger partial charge in [-0.2, -0.15) is 0 Å². The molecule has 1 heterocycles. The van der Waals surface area contributed by atoms with Gasteiger partial charge in [-0.1, -0.05) is 42.1 Å². The molecule has 8 heteroatoms. The number of nitrogens with two attached hydrogens (primary N) is 1. The van der Waals surface area contributed by atoms with Gasteiger partial charge in [0.05, 0.1) is 5.75 Å². The minimum atomic E-state index is -1.00. The normalized spacial score (nSPS) is 12.3. The molecule has 19 heavy (non-hydrogen) atoms. The third-order valence-corrected chi connectivity index (χ3v) is 3.30. The van der Waals surface area contributed by atoms with Gasteiger partial charge >= 0.3 is 5.97 Å². The highest BCUT2D eigenvalue weighted by Gasteiger charge is 2.20. The molecule has 2 rings (SSSR count). The molecule has 1 aromatic carbocycles. The maximum absolute atomic E-state index is 10.5. The van der Waals surface area contributed by atoms with Gasteiger partial charge in [0, 0.05) is 0 Å². The second-order valence-corrected chi connectivity index (χ2v) is 4.65. The van der Waals surface area contributed by atoms with Crippen LogP contribution in [0.1, 0.15) is 17.5 Å². The second kappa shape index (κ2) is 5.72. The SMILES string of the molecule is Nn1c(SCC(=O)O)nnc1C(O)c1ccccc1. The van der Waals surface area contributed by atoms with E-state index in [4.69, 9.17) is 10.9 Å². The van der Waals surface area contributed by atoms with Gasteiger partial charge in [0.25, 0.3) is 0 Å². The van der Waals surface area contributed by atoms with Crippen molar-refractivity contribution in [2.75, 3.05) is 11.6 Å². The van der Waals surface area contributed by atoms with Crippen LogP contribution in [0.5, 0.6) is 0 Å². The Hall–Kier alpha value is -2.06. The molecule has 1 aromatic heterocycles. The number of aromatic nitrogens is 3. The molecule has 0 spiro atoms. The van der Waals surface area contributed by atoms with Gasteiger partial charge < -0.3 is 16.1 Å². The maximum atomic E-state index is 10.5. The summed E-state index contributed by atoms with van der Waals surface area (Å²) in [5.74, 6) is 4.77. The Kier molecular flexibility index (Phi) is 4.03. The van der Waals surface area contributed by atoms with Crippen molar-refractivity contribution in [1.82, 2.24) is 14.9 Å². The molecule has 0 aliphatic carbocycles. The number of thioether (sulfide) groups is 1. The summed E-state index contributed by atoms with van der Waals surface area (Å²) in [6, 6.07) is 8.89. The lowest BCUT2D eigenvalue weighted by Gasteiger charge is -2.10. The van der Waals surface area contributed by atoms with Crippen LogP contribution in [0.25, 0.3) is 0 Å². The Labute approximate surface area is 113 Å². The lowest BCUT2D eigenvalue weighted by atomic mass is 10.1. The first-order chi connectivity index (χ1) is 9.09. The fourth-order valence-corrected chi connectivity index (χ4v) is 2.07. The van der Waals surface area contributed by atoms with E-state index in [2.05, 4.69) is 10.2 Å². The van der Waals surface area contributed by atoms with E-state index >= 15 is 0 Å². The molecule has 0 radical (unpaired) electrons. The Morgan fingerprint density at radius 2 is 2.05 bits per heavy atom. The largest absolute Gasteiger partial charge is 0.481 e. The Balaban J connectivity index is 2.20. The molecular weight excluding hydrogens is 268 g/mol. The lowest BCUT2D eigenvalue weighted by molar-refractivity contribution is -0.133. The number of benzene rings is 1. The third kappa shape index (κ3) is 3.04. The number of nitrogens with zero attached hydrogens (tertiary/aromatic N) is 3. The Morgan fingerprint density at radius 3 is 2.68 bits per heavy atom. The van der Waals surface area contributed by atoms with Crippen LogP contribution in [-0.2, 0) is 4.79 Å². The first kappa shape index (κ1) is 13.4. The van der Waals surface area contributed by atoms with Crippen LogP contribution in [0.2, 0.25) is 0 Å². The molecule has 0 saturated carbocycles. The Morgan fingerprint density at radius 1 is 1.37 bits per heavy atom. The number of nitrogen functional groups attached to an aromatic ring is 1. The van der Waals surface area contributed by atoms with E-state index in [1.807, 2.05) is 6.07 Å². The summed E-state index contributed by atoms with van der Waals surface area (Å²) in [4.78, 5) is 10.5. The van der Waals surface area contributed by atoms with Crippen molar-refractivity contribution in [3.05, 3.63) is 41.7 Å². The smallest absolute Gasteiger partial charge is 0.313 e. The number of carboxylic acids is 1. The van der Waals surface area contributed by atoms with Gasteiger partial charge in [-0.05, 0) is 5.56 Å². The molecule has 0 saturated heterocycles. The fourth-order valence-electron chi connectivity index (χ4n) is 1.48. The third-order valence-electron chi connectivity index (χ3n) is 2.38. The van der Waals surface area contributed by atoms with Crippen molar-refractivity contribution in [2.24, 2.45) is 0 Å². The zero-order chi connectivity index (χ0) is 13.8. The quantitative estimate of drug-likeness (QED) is 0.531. The van der Waals surface area contributed by atoms with E-state index in [-0.39, 0.29) is 16.7 Å². The standard InChI is InChI=1S/C11H12N4O3S/c12-15-10(9(18)7-4-2-1-3-5-7)13-14-11(15)19-6-8(16)17/h1-5,9,18H,6,12H2,(H,16,17). The first-order valence-electron chi connectivity index (χ1n) is 5.37. The predicted octanol–water partition coefficient (Wildman–Crippen LogP) is 0.250. The average Bonchev–Trinajstić information content (AvgIpc) is 2.78. The number of carboxylic acid groups (broad SMARTS) is 1. The van der Waals surface area contributed by atoms with Gasteiger partial charge in [-0.25, -0.2) is 4.68 Å². The molecule has 100 valence electrons. The molecule has 0 aliphatic heterocycles. The van der Waals surface area contributed by atoms with E-state index in [1.165, 1.54) is 0 Å². The summed E-state index contributed by atoms with van der Waals surface area (Å²) in [6.45, 7) is 0. The second-order valence-electron chi connectivity index (χ2n) is 3.71. The molecule has 7 nitrogen and oxygen atoms in total. The van der Waals surface area contributed by atoms with Crippen molar-refractivity contribution in [3.8, 4) is 0 Å². The van der Waals surface area contributed by atoms with Crippen molar-refractivity contribution in [1.29, 1.82) is 0 Å². The number of rotatable bonds is 5. The number of aliphatic carboxylic acids is 1. The number of hydrogen-bond acceptors (Lipinski definition) is 6. The minimum Gasteiger partial charge on any atom is -0.481 e. The lowest BCUT2D eigenvalue weighted by Crippen LogP contribution is -2.18. The zero-order valence-corrected chi connectivity index (χ0v) is 10.6. The predicted molar refractivity (Wildman–Crippen MR) is 69.0 cm³/mol. The number of aliphatic hydroxyl groups excluding tert-OH is 1. The van der Waals surface area contributed by atoms with Gasteiger partial charge in [0.15, 0.2) is 5.82 Å². The van der Waals surface area contributed by atoms with Crippen molar-refractivity contribution >= 4 is 17.7 Å². The van der Waals surface area contributed by atoms with E-state index in [1.54, 1.807) is 24.3 Å². The maximum Gasteiger partial charge on any atom is 0.313 e. The molecule has 1 unspecified atom stereocenters. The highest BCUT2D eigenvalue weighted by Crippen LogP contribution is 2.22. The van der Waals surface area contributed by atoms with E-state index in [0.717, 1.165) is 16.4 Å². The van der Waals surface area contributed by atoms with Gasteiger partial charge in [0.1, 0.15) is 6.10 Å². The summed E-state index contributed by atoms with van der Waals surface area (Å²) in [7, 11) is 0. The van der Waals surface area contributed by atoms with Crippen molar-refractivity contribution in [3.63, 3.8) is 0 Å². The molecule has 0 amide bonds. The van der Waals surface area contributed by atoms with Crippen LogP contribution in [0, 0.1) is 0 Å². The van der Waals surface area contributed by atoms with Crippen LogP contribution in [0.3, 0.4) is 0 Å². The monoisotopic (exact) mass is 280 g/mol. The molecule has 0 fully saturated rings. The van der Waals surface area contributed by atoms with Crippen molar-refractivity contribution in [2.45, 2.75) is 11.3 Å². The summed E-state index contributed by atoms with van der Waals surface area (Å²) in [6.07, 6.45) is -1.00. The summed E-state index contributed by atoms with van der Waals surface area (Å²) < 4.78 is 1.10. The molecule has 2 aromatic rings. The first-order valence-corrected chi connectivity index (χ1v) is 6.36. The minimum absolute atomic E-state index is 0.166.